The van der Waals surface area contributed by atoms with Gasteiger partial charge >= 0.3 is 0 Å². The molecular weight excluding hydrogens is 274 g/mol. The van der Waals surface area contributed by atoms with Gasteiger partial charge in [-0.15, -0.1) is 0 Å². The smallest absolute Gasteiger partial charge is 0.251 e. The van der Waals surface area contributed by atoms with Gasteiger partial charge in [0.1, 0.15) is 0 Å². The molecule has 0 atom stereocenters. The number of nitrogens with zero attached hydrogens (tertiary/aromatic N) is 1. The highest BCUT2D eigenvalue weighted by molar-refractivity contribution is 6.74. The molecule has 0 aromatic rings. The summed E-state index contributed by atoms with van der Waals surface area (Å²) in [5.74, 6) is 0.860. The van der Waals surface area contributed by atoms with Gasteiger partial charge in [-0.3, -0.25) is 0 Å². The van der Waals surface area contributed by atoms with E-state index in [9.17, 15) is 0 Å². The number of rotatable bonds is 13. The van der Waals surface area contributed by atoms with E-state index in [0.717, 1.165) is 5.76 Å². The molecule has 0 aromatic carbocycles. The lowest BCUT2D eigenvalue weighted by Crippen LogP contribution is -2.37. The van der Waals surface area contributed by atoms with Crippen LogP contribution in [-0.4, -0.2) is 27.3 Å². The molecule has 2 nitrogen and oxygen atoms in total. The average molecular weight is 312 g/mol. The fourth-order valence-corrected chi connectivity index (χ4v) is 7.24. The minimum atomic E-state index is -1.66. The number of hydrogen-bond acceptors (Lipinski definition) is 2. The van der Waals surface area contributed by atoms with Crippen LogP contribution in [0.25, 0.3) is 0 Å². The first kappa shape index (κ1) is 20.3. The van der Waals surface area contributed by atoms with E-state index in [1.165, 1.54) is 56.7 Å². The first-order valence-electron chi connectivity index (χ1n) is 8.72. The minimum absolute atomic E-state index is 0.860. The number of hydrogen-bond donors (Lipinski definition) is 0. The molecule has 0 aromatic heterocycles. The van der Waals surface area contributed by atoms with E-state index in [1.807, 2.05) is 31.3 Å². The number of unbranched alkanes of at least 4 members (excludes halogenated alkanes) is 3. The molecule has 0 aliphatic heterocycles. The summed E-state index contributed by atoms with van der Waals surface area (Å²) in [6, 6.07) is 3.87. The summed E-state index contributed by atoms with van der Waals surface area (Å²) < 4.78 is 6.53. The highest BCUT2D eigenvalue weighted by atomic mass is 28.4. The second-order valence-corrected chi connectivity index (χ2v) is 10.4. The van der Waals surface area contributed by atoms with E-state index in [-0.39, 0.29) is 0 Å². The molecule has 0 bridgehead atoms. The van der Waals surface area contributed by atoms with E-state index in [1.54, 1.807) is 0 Å². The third-order valence-corrected chi connectivity index (χ3v) is 8.35. The molecule has 0 aliphatic rings. The lowest BCUT2D eigenvalue weighted by atomic mass is 10.4. The maximum absolute atomic E-state index is 6.53. The molecule has 0 saturated carbocycles. The summed E-state index contributed by atoms with van der Waals surface area (Å²) in [7, 11) is 2.39. The highest BCUT2D eigenvalue weighted by Gasteiger charge is 2.34. The van der Waals surface area contributed by atoms with E-state index in [4.69, 9.17) is 4.43 Å². The Balaban J connectivity index is 4.88. The molecule has 0 spiro atoms. The van der Waals surface area contributed by atoms with Gasteiger partial charge in [0, 0.05) is 20.3 Å². The molecule has 0 amide bonds. The monoisotopic (exact) mass is 311 g/mol. The van der Waals surface area contributed by atoms with Crippen LogP contribution >= 0.6 is 0 Å². The molecule has 0 N–H and O–H groups in total. The van der Waals surface area contributed by atoms with Crippen molar-refractivity contribution in [3.05, 3.63) is 24.6 Å². The molecule has 3 heteroatoms. The van der Waals surface area contributed by atoms with Crippen LogP contribution in [0.4, 0.5) is 0 Å². The van der Waals surface area contributed by atoms with Gasteiger partial charge in [-0.1, -0.05) is 65.9 Å². The zero-order valence-corrected chi connectivity index (χ0v) is 16.1. The zero-order chi connectivity index (χ0) is 16.1. The van der Waals surface area contributed by atoms with Crippen LogP contribution in [0, 0.1) is 0 Å². The Labute approximate surface area is 134 Å². The van der Waals surface area contributed by atoms with Crippen molar-refractivity contribution < 1.29 is 4.43 Å². The van der Waals surface area contributed by atoms with Gasteiger partial charge in [0.25, 0.3) is 8.32 Å². The molecule has 0 heterocycles. The summed E-state index contributed by atoms with van der Waals surface area (Å²) >= 11 is 0. The fourth-order valence-electron chi connectivity index (χ4n) is 2.57. The van der Waals surface area contributed by atoms with Gasteiger partial charge < -0.3 is 9.33 Å². The quantitative estimate of drug-likeness (QED) is 0.237. The van der Waals surface area contributed by atoms with Crippen LogP contribution in [0.3, 0.4) is 0 Å². The highest BCUT2D eigenvalue weighted by Crippen LogP contribution is 2.31. The second-order valence-electron chi connectivity index (χ2n) is 6.34. The van der Waals surface area contributed by atoms with Crippen LogP contribution in [0.1, 0.15) is 59.3 Å². The Morgan fingerprint density at radius 2 is 1.38 bits per heavy atom. The van der Waals surface area contributed by atoms with Crippen LogP contribution in [-0.2, 0) is 4.43 Å². The van der Waals surface area contributed by atoms with Crippen molar-refractivity contribution in [1.29, 1.82) is 0 Å². The minimum Gasteiger partial charge on any atom is -0.544 e. The summed E-state index contributed by atoms with van der Waals surface area (Å²) in [6.07, 6.45) is 11.7. The molecule has 0 unspecified atom stereocenters. The third-order valence-electron chi connectivity index (χ3n) is 3.86. The van der Waals surface area contributed by atoms with Crippen molar-refractivity contribution in [2.24, 2.45) is 0 Å². The normalized spacial score (nSPS) is 11.9. The summed E-state index contributed by atoms with van der Waals surface area (Å²) in [5.41, 5.74) is 0. The predicted octanol–water partition coefficient (Wildman–Crippen LogP) is 5.94. The zero-order valence-electron chi connectivity index (χ0n) is 15.1. The van der Waals surface area contributed by atoms with Crippen molar-refractivity contribution in [3.8, 4) is 0 Å². The molecule has 0 radical (unpaired) electrons. The van der Waals surface area contributed by atoms with Crippen molar-refractivity contribution in [2.75, 3.05) is 14.1 Å². The van der Waals surface area contributed by atoms with Gasteiger partial charge in [-0.2, -0.15) is 0 Å². The van der Waals surface area contributed by atoms with Crippen molar-refractivity contribution >= 4 is 8.32 Å². The topological polar surface area (TPSA) is 12.5 Å². The van der Waals surface area contributed by atoms with Gasteiger partial charge in [0.05, 0.1) is 5.76 Å². The van der Waals surface area contributed by atoms with E-state index >= 15 is 0 Å². The molecule has 0 rings (SSSR count). The first-order chi connectivity index (χ1) is 9.99. The average Bonchev–Trinajstić information content (AvgIpc) is 2.46. The Hall–Kier alpha value is -0.703. The first-order valence-corrected chi connectivity index (χ1v) is 11.2. The van der Waals surface area contributed by atoms with E-state index < -0.39 is 8.32 Å². The lowest BCUT2D eigenvalue weighted by Gasteiger charge is -2.33. The van der Waals surface area contributed by atoms with E-state index in [0.29, 0.717) is 0 Å². The van der Waals surface area contributed by atoms with Crippen LogP contribution < -0.4 is 0 Å². The molecule has 0 saturated heterocycles. The van der Waals surface area contributed by atoms with Gasteiger partial charge in [0.15, 0.2) is 0 Å². The summed E-state index contributed by atoms with van der Waals surface area (Å²) in [5, 5.41) is 0. The largest absolute Gasteiger partial charge is 0.544 e. The third kappa shape index (κ3) is 9.78. The van der Waals surface area contributed by atoms with E-state index in [2.05, 4.69) is 27.4 Å². The maximum atomic E-state index is 6.53. The van der Waals surface area contributed by atoms with Crippen LogP contribution in [0.2, 0.25) is 18.1 Å². The SMILES string of the molecule is C=C(/C=C/N(C)C)O[Si](CCCC)(CCCC)CCCC. The molecule has 0 aliphatic carbocycles. The van der Waals surface area contributed by atoms with Crippen molar-refractivity contribution in [1.82, 2.24) is 4.90 Å². The lowest BCUT2D eigenvalue weighted by molar-refractivity contribution is 0.410. The Bertz CT molecular complexity index is 278. The summed E-state index contributed by atoms with van der Waals surface area (Å²) in [4.78, 5) is 2.03. The maximum Gasteiger partial charge on any atom is 0.251 e. The standard InChI is InChI=1S/C18H37NOSi/c1-7-10-15-21(16-11-8-2,17-12-9-3)20-18(4)13-14-19(5)6/h13-14H,4,7-12,15-17H2,1-3,5-6H3/b14-13+. The van der Waals surface area contributed by atoms with Crippen molar-refractivity contribution in [2.45, 2.75) is 77.4 Å². The molecular formula is C18H37NOSi. The van der Waals surface area contributed by atoms with Gasteiger partial charge in [-0.25, -0.2) is 0 Å². The predicted molar refractivity (Wildman–Crippen MR) is 98.0 cm³/mol. The molecule has 21 heavy (non-hydrogen) atoms. The van der Waals surface area contributed by atoms with Gasteiger partial charge in [-0.05, 0) is 24.2 Å². The van der Waals surface area contributed by atoms with Crippen LogP contribution in [0.5, 0.6) is 0 Å². The Morgan fingerprint density at radius 1 is 0.952 bits per heavy atom. The second kappa shape index (κ2) is 11.9. The Kier molecular flexibility index (Phi) is 11.5. The number of allylic oxidation sites excluding steroid dienone is 1. The summed E-state index contributed by atoms with van der Waals surface area (Å²) in [6.45, 7) is 11.0. The van der Waals surface area contributed by atoms with Gasteiger partial charge in [0.2, 0.25) is 0 Å². The van der Waals surface area contributed by atoms with Crippen LogP contribution in [0.15, 0.2) is 24.6 Å². The van der Waals surface area contributed by atoms with Crippen molar-refractivity contribution in [3.63, 3.8) is 0 Å². The molecule has 124 valence electrons. The molecule has 0 fully saturated rings. The Morgan fingerprint density at radius 3 is 1.71 bits per heavy atom. The fraction of sp³-hybridized carbons (Fsp3) is 0.778.